The Morgan fingerprint density at radius 1 is 1.15 bits per heavy atom. The maximum Gasteiger partial charge on any atom is 0.270 e. The van der Waals surface area contributed by atoms with Crippen molar-refractivity contribution in [2.45, 2.75) is 19.3 Å². The van der Waals surface area contributed by atoms with Crippen molar-refractivity contribution in [2.75, 3.05) is 24.5 Å². The minimum absolute atomic E-state index is 0.0713. The average molecular weight is 362 g/mol. The van der Waals surface area contributed by atoms with Gasteiger partial charge in [0.05, 0.1) is 0 Å². The van der Waals surface area contributed by atoms with E-state index in [1.807, 2.05) is 0 Å². The number of rotatable bonds is 5. The van der Waals surface area contributed by atoms with Gasteiger partial charge in [-0.15, -0.1) is 0 Å². The van der Waals surface area contributed by atoms with E-state index in [9.17, 15) is 9.59 Å². The summed E-state index contributed by atoms with van der Waals surface area (Å²) < 4.78 is 1.39. The molecule has 0 atom stereocenters. The maximum absolute atomic E-state index is 12.4. The average Bonchev–Trinajstić information content (AvgIpc) is 2.71. The summed E-state index contributed by atoms with van der Waals surface area (Å²) in [4.78, 5) is 31.4. The Kier molecular flexibility index (Phi) is 4.87. The van der Waals surface area contributed by atoms with E-state index in [1.54, 1.807) is 24.4 Å². The van der Waals surface area contributed by atoms with Gasteiger partial charge in [0.2, 0.25) is 0 Å². The number of para-hydroxylation sites is 1. The molecule has 0 fully saturated rings. The molecule has 6 nitrogen and oxygen atoms in total. The Morgan fingerprint density at radius 3 is 2.93 bits per heavy atom. The van der Waals surface area contributed by atoms with Crippen LogP contribution in [0.15, 0.2) is 59.7 Å². The number of amides is 1. The third kappa shape index (κ3) is 3.56. The molecule has 3 aromatic rings. The lowest BCUT2D eigenvalue weighted by Gasteiger charge is -2.31. The number of pyridine rings is 1. The first-order chi connectivity index (χ1) is 13.2. The summed E-state index contributed by atoms with van der Waals surface area (Å²) >= 11 is 0. The predicted molar refractivity (Wildman–Crippen MR) is 105 cm³/mol. The zero-order valence-corrected chi connectivity index (χ0v) is 15.1. The lowest BCUT2D eigenvalue weighted by Crippen LogP contribution is -2.35. The molecule has 0 radical (unpaired) electrons. The van der Waals surface area contributed by atoms with Gasteiger partial charge in [0.1, 0.15) is 11.2 Å². The topological polar surface area (TPSA) is 66.7 Å². The van der Waals surface area contributed by atoms with Crippen molar-refractivity contribution in [1.29, 1.82) is 0 Å². The van der Waals surface area contributed by atoms with Crippen LogP contribution < -0.4 is 15.8 Å². The molecule has 1 aliphatic heterocycles. The number of aromatic nitrogens is 2. The molecule has 0 saturated carbocycles. The lowest BCUT2D eigenvalue weighted by atomic mass is 10.0. The molecule has 6 heteroatoms. The summed E-state index contributed by atoms with van der Waals surface area (Å²) in [6.45, 7) is 2.45. The van der Waals surface area contributed by atoms with E-state index in [-0.39, 0.29) is 17.0 Å². The predicted octanol–water partition coefficient (Wildman–Crippen LogP) is 2.27. The van der Waals surface area contributed by atoms with Gasteiger partial charge in [0, 0.05) is 37.7 Å². The van der Waals surface area contributed by atoms with Crippen molar-refractivity contribution in [2.24, 2.45) is 0 Å². The van der Waals surface area contributed by atoms with Crippen molar-refractivity contribution >= 4 is 17.2 Å². The van der Waals surface area contributed by atoms with E-state index in [0.29, 0.717) is 12.2 Å². The normalized spacial score (nSPS) is 13.4. The Balaban J connectivity index is 1.36. The summed E-state index contributed by atoms with van der Waals surface area (Å²) in [5, 5.41) is 2.85. The number of hydrogen-bond acceptors (Lipinski definition) is 4. The summed E-state index contributed by atoms with van der Waals surface area (Å²) in [5.41, 5.74) is 2.95. The molecule has 1 amide bonds. The molecule has 1 aromatic carbocycles. The Bertz CT molecular complexity index is 1030. The Hall–Kier alpha value is -3.15. The summed E-state index contributed by atoms with van der Waals surface area (Å²) in [7, 11) is 0. The highest BCUT2D eigenvalue weighted by molar-refractivity contribution is 5.93. The smallest absolute Gasteiger partial charge is 0.270 e. The van der Waals surface area contributed by atoms with Crippen molar-refractivity contribution in [3.63, 3.8) is 0 Å². The minimum Gasteiger partial charge on any atom is -0.371 e. The third-order valence-electron chi connectivity index (χ3n) is 4.95. The van der Waals surface area contributed by atoms with Crippen LogP contribution >= 0.6 is 0 Å². The standard InChI is InChI=1S/C21H22N4O2/c26-20(17-15-23-19-10-3-4-14-25(19)21(17)27)22-11-6-13-24-12-5-8-16-7-1-2-9-18(16)24/h1-4,7,9-10,14-15H,5-6,8,11-13H2,(H,22,26). The van der Waals surface area contributed by atoms with Crippen molar-refractivity contribution < 1.29 is 4.79 Å². The molecule has 1 N–H and O–H groups in total. The van der Waals surface area contributed by atoms with E-state index in [2.05, 4.69) is 39.5 Å². The van der Waals surface area contributed by atoms with Crippen LogP contribution in [0, 0.1) is 0 Å². The molecule has 0 spiro atoms. The second-order valence-corrected chi connectivity index (χ2v) is 6.73. The van der Waals surface area contributed by atoms with Gasteiger partial charge in [0.15, 0.2) is 0 Å². The van der Waals surface area contributed by atoms with Crippen LogP contribution in [0.2, 0.25) is 0 Å². The van der Waals surface area contributed by atoms with Crippen LogP contribution in [0.4, 0.5) is 5.69 Å². The molecule has 0 bridgehead atoms. The van der Waals surface area contributed by atoms with Crippen LogP contribution in [0.3, 0.4) is 0 Å². The van der Waals surface area contributed by atoms with E-state index in [4.69, 9.17) is 0 Å². The SMILES string of the molecule is O=C(NCCCN1CCCc2ccccc21)c1cnc2ccccn2c1=O. The molecule has 0 aliphatic carbocycles. The molecule has 1 aliphatic rings. The first-order valence-electron chi connectivity index (χ1n) is 9.31. The lowest BCUT2D eigenvalue weighted by molar-refractivity contribution is 0.0951. The zero-order valence-electron chi connectivity index (χ0n) is 15.1. The summed E-state index contributed by atoms with van der Waals surface area (Å²) in [6, 6.07) is 13.8. The van der Waals surface area contributed by atoms with Gasteiger partial charge in [-0.1, -0.05) is 24.3 Å². The van der Waals surface area contributed by atoms with Gasteiger partial charge in [0.25, 0.3) is 11.5 Å². The Morgan fingerprint density at radius 2 is 2.00 bits per heavy atom. The van der Waals surface area contributed by atoms with Crippen LogP contribution in [-0.4, -0.2) is 34.9 Å². The monoisotopic (exact) mass is 362 g/mol. The minimum atomic E-state index is -0.371. The molecule has 0 unspecified atom stereocenters. The fourth-order valence-electron chi connectivity index (χ4n) is 3.59. The van der Waals surface area contributed by atoms with Gasteiger partial charge < -0.3 is 10.2 Å². The van der Waals surface area contributed by atoms with E-state index >= 15 is 0 Å². The molecule has 0 saturated heterocycles. The quantitative estimate of drug-likeness (QED) is 0.707. The number of aryl methyl sites for hydroxylation is 1. The van der Waals surface area contributed by atoms with Gasteiger partial charge >= 0.3 is 0 Å². The zero-order chi connectivity index (χ0) is 18.6. The summed E-state index contributed by atoms with van der Waals surface area (Å²) in [6.07, 6.45) is 6.08. The van der Waals surface area contributed by atoms with Crippen LogP contribution in [0.25, 0.3) is 5.65 Å². The number of anilines is 1. The van der Waals surface area contributed by atoms with Crippen LogP contribution in [0.5, 0.6) is 0 Å². The number of nitrogens with zero attached hydrogens (tertiary/aromatic N) is 3. The third-order valence-corrected chi connectivity index (χ3v) is 4.95. The molecule has 138 valence electrons. The van der Waals surface area contributed by atoms with Crippen LogP contribution in [-0.2, 0) is 6.42 Å². The maximum atomic E-state index is 12.4. The van der Waals surface area contributed by atoms with E-state index in [0.717, 1.165) is 32.4 Å². The van der Waals surface area contributed by atoms with Gasteiger partial charge in [-0.2, -0.15) is 0 Å². The number of nitrogens with one attached hydrogen (secondary N) is 1. The molecule has 3 heterocycles. The number of fused-ring (bicyclic) bond motifs is 2. The van der Waals surface area contributed by atoms with Gasteiger partial charge in [-0.05, 0) is 43.0 Å². The molecular formula is C21H22N4O2. The molecule has 4 rings (SSSR count). The van der Waals surface area contributed by atoms with E-state index < -0.39 is 0 Å². The number of carbonyl (C=O) groups is 1. The number of hydrogen-bond donors (Lipinski definition) is 1. The second-order valence-electron chi connectivity index (χ2n) is 6.73. The number of carbonyl (C=O) groups excluding carboxylic acids is 1. The fraction of sp³-hybridized carbons (Fsp3) is 0.286. The highest BCUT2D eigenvalue weighted by Gasteiger charge is 2.16. The fourth-order valence-corrected chi connectivity index (χ4v) is 3.59. The molecule has 2 aromatic heterocycles. The van der Waals surface area contributed by atoms with Crippen molar-refractivity contribution in [3.8, 4) is 0 Å². The Labute approximate surface area is 157 Å². The largest absolute Gasteiger partial charge is 0.371 e. The van der Waals surface area contributed by atoms with Gasteiger partial charge in [-0.25, -0.2) is 4.98 Å². The first-order valence-corrected chi connectivity index (χ1v) is 9.31. The summed E-state index contributed by atoms with van der Waals surface area (Å²) in [5.74, 6) is -0.371. The highest BCUT2D eigenvalue weighted by Crippen LogP contribution is 2.26. The van der Waals surface area contributed by atoms with E-state index in [1.165, 1.54) is 21.8 Å². The van der Waals surface area contributed by atoms with Crippen molar-refractivity contribution in [1.82, 2.24) is 14.7 Å². The van der Waals surface area contributed by atoms with Gasteiger partial charge in [-0.3, -0.25) is 14.0 Å². The molecular weight excluding hydrogens is 340 g/mol. The second kappa shape index (κ2) is 7.61. The van der Waals surface area contributed by atoms with Crippen molar-refractivity contribution in [3.05, 3.63) is 76.3 Å². The molecule has 27 heavy (non-hydrogen) atoms. The first kappa shape index (κ1) is 17.3. The van der Waals surface area contributed by atoms with Crippen LogP contribution in [0.1, 0.15) is 28.8 Å². The number of benzene rings is 1. The highest BCUT2D eigenvalue weighted by atomic mass is 16.2.